The highest BCUT2D eigenvalue weighted by Gasteiger charge is 2.05. The third-order valence-corrected chi connectivity index (χ3v) is 2.19. The summed E-state index contributed by atoms with van der Waals surface area (Å²) in [6.07, 6.45) is 1.18. The zero-order chi connectivity index (χ0) is 9.26. The van der Waals surface area contributed by atoms with Crippen molar-refractivity contribution in [1.82, 2.24) is 9.55 Å². The summed E-state index contributed by atoms with van der Waals surface area (Å²) in [7, 11) is 0. The van der Waals surface area contributed by atoms with Crippen molar-refractivity contribution in [3.63, 3.8) is 0 Å². The fourth-order valence-corrected chi connectivity index (χ4v) is 1.58. The predicted octanol–water partition coefficient (Wildman–Crippen LogP) is 2.62. The van der Waals surface area contributed by atoms with E-state index in [1.54, 1.807) is 6.20 Å². The summed E-state index contributed by atoms with van der Waals surface area (Å²) in [5, 5.41) is 0. The molecule has 0 unspecified atom stereocenters. The molecule has 1 heterocycles. The number of halogens is 2. The highest BCUT2D eigenvalue weighted by molar-refractivity contribution is 14.1. The quantitative estimate of drug-likeness (QED) is 0.738. The highest BCUT2D eigenvalue weighted by Crippen LogP contribution is 2.12. The molecule has 0 aliphatic carbocycles. The second-order valence-electron chi connectivity index (χ2n) is 2.54. The van der Waals surface area contributed by atoms with Gasteiger partial charge in [0.25, 0.3) is 6.08 Å². The van der Waals surface area contributed by atoms with Gasteiger partial charge in [0.15, 0.2) is 0 Å². The van der Waals surface area contributed by atoms with Crippen molar-refractivity contribution in [2.45, 2.75) is 0 Å². The molecule has 0 fully saturated rings. The van der Waals surface area contributed by atoms with Gasteiger partial charge >= 0.3 is 0 Å². The SMILES string of the molecule is Fc1nc(I)cn1-c1ccccc1. The Morgan fingerprint density at radius 2 is 1.92 bits per heavy atom. The standard InChI is InChI=1S/C9H6FIN2/c10-9-12-8(11)6-13(9)7-4-2-1-3-5-7/h1-6H. The molecule has 1 aromatic carbocycles. The molecule has 13 heavy (non-hydrogen) atoms. The summed E-state index contributed by atoms with van der Waals surface area (Å²) < 4.78 is 15.2. The van der Waals surface area contributed by atoms with Crippen LogP contribution in [-0.2, 0) is 0 Å². The van der Waals surface area contributed by atoms with E-state index in [0.717, 1.165) is 5.69 Å². The molecule has 4 heteroatoms. The van der Waals surface area contributed by atoms with Gasteiger partial charge < -0.3 is 0 Å². The second-order valence-corrected chi connectivity index (χ2v) is 3.64. The van der Waals surface area contributed by atoms with Gasteiger partial charge in [0, 0.05) is 11.9 Å². The summed E-state index contributed by atoms with van der Waals surface area (Å²) in [6.45, 7) is 0. The Kier molecular flexibility index (Phi) is 2.30. The lowest BCUT2D eigenvalue weighted by Gasteiger charge is -2.00. The van der Waals surface area contributed by atoms with E-state index in [1.807, 2.05) is 52.9 Å². The summed E-state index contributed by atoms with van der Waals surface area (Å²) in [6, 6.07) is 9.29. The Morgan fingerprint density at radius 1 is 1.23 bits per heavy atom. The molecule has 2 nitrogen and oxygen atoms in total. The van der Waals surface area contributed by atoms with Crippen molar-refractivity contribution >= 4 is 22.6 Å². The highest BCUT2D eigenvalue weighted by atomic mass is 127. The van der Waals surface area contributed by atoms with E-state index in [0.29, 0.717) is 3.70 Å². The normalized spacial score (nSPS) is 10.3. The van der Waals surface area contributed by atoms with Crippen molar-refractivity contribution in [3.05, 3.63) is 46.3 Å². The first-order valence-electron chi connectivity index (χ1n) is 3.73. The maximum Gasteiger partial charge on any atom is 0.294 e. The molecular formula is C9H6FIN2. The molecule has 1 aromatic heterocycles. The van der Waals surface area contributed by atoms with E-state index in [2.05, 4.69) is 4.98 Å². The lowest BCUT2D eigenvalue weighted by molar-refractivity contribution is 0.522. The first-order valence-corrected chi connectivity index (χ1v) is 4.81. The van der Waals surface area contributed by atoms with Gasteiger partial charge in [-0.25, -0.2) is 0 Å². The third-order valence-electron chi connectivity index (χ3n) is 1.67. The van der Waals surface area contributed by atoms with Crippen LogP contribution < -0.4 is 0 Å². The topological polar surface area (TPSA) is 17.8 Å². The van der Waals surface area contributed by atoms with Gasteiger partial charge in [0.2, 0.25) is 0 Å². The van der Waals surface area contributed by atoms with Crippen LogP contribution in [0.25, 0.3) is 5.69 Å². The van der Waals surface area contributed by atoms with Crippen molar-refractivity contribution in [2.24, 2.45) is 0 Å². The maximum absolute atomic E-state index is 13.1. The molecule has 0 bridgehead atoms. The minimum absolute atomic E-state index is 0.476. The van der Waals surface area contributed by atoms with E-state index in [-0.39, 0.29) is 0 Å². The van der Waals surface area contributed by atoms with Gasteiger partial charge in [0.1, 0.15) is 3.70 Å². The van der Waals surface area contributed by atoms with Crippen LogP contribution >= 0.6 is 22.6 Å². The average Bonchev–Trinajstić information content (AvgIpc) is 2.47. The van der Waals surface area contributed by atoms with E-state index in [4.69, 9.17) is 0 Å². The molecule has 0 atom stereocenters. The average molecular weight is 288 g/mol. The Labute approximate surface area is 88.6 Å². The molecule has 0 aliphatic rings. The van der Waals surface area contributed by atoms with Crippen molar-refractivity contribution in [2.75, 3.05) is 0 Å². The number of rotatable bonds is 1. The van der Waals surface area contributed by atoms with E-state index < -0.39 is 6.08 Å². The van der Waals surface area contributed by atoms with E-state index in [1.165, 1.54) is 4.57 Å². The smallest absolute Gasteiger partial charge is 0.275 e. The molecule has 0 saturated heterocycles. The van der Waals surface area contributed by atoms with Crippen LogP contribution in [-0.4, -0.2) is 9.55 Å². The molecule has 0 amide bonds. The number of benzene rings is 1. The number of para-hydroxylation sites is 1. The second kappa shape index (κ2) is 3.45. The number of hydrogen-bond donors (Lipinski definition) is 0. The van der Waals surface area contributed by atoms with Crippen LogP contribution in [0.1, 0.15) is 0 Å². The number of hydrogen-bond acceptors (Lipinski definition) is 1. The fraction of sp³-hybridized carbons (Fsp3) is 0. The van der Waals surface area contributed by atoms with Crippen LogP contribution in [0.2, 0.25) is 0 Å². The zero-order valence-electron chi connectivity index (χ0n) is 6.61. The number of aromatic nitrogens is 2. The molecule has 0 radical (unpaired) electrons. The summed E-state index contributed by atoms with van der Waals surface area (Å²) >= 11 is 1.98. The van der Waals surface area contributed by atoms with E-state index >= 15 is 0 Å². The Morgan fingerprint density at radius 3 is 2.46 bits per heavy atom. The molecule has 0 N–H and O–H groups in total. The summed E-state index contributed by atoms with van der Waals surface area (Å²) in [4.78, 5) is 3.67. The van der Waals surface area contributed by atoms with Crippen LogP contribution in [0.3, 0.4) is 0 Å². The molecule has 2 rings (SSSR count). The first-order chi connectivity index (χ1) is 6.27. The largest absolute Gasteiger partial charge is 0.294 e. The number of nitrogens with zero attached hydrogens (tertiary/aromatic N) is 2. The van der Waals surface area contributed by atoms with E-state index in [9.17, 15) is 4.39 Å². The minimum atomic E-state index is -0.476. The molecule has 0 spiro atoms. The fourth-order valence-electron chi connectivity index (χ4n) is 1.10. The third kappa shape index (κ3) is 1.72. The van der Waals surface area contributed by atoms with Crippen molar-refractivity contribution in [1.29, 1.82) is 0 Å². The van der Waals surface area contributed by atoms with Crippen molar-refractivity contribution in [3.8, 4) is 5.69 Å². The Bertz CT molecular complexity index is 411. The van der Waals surface area contributed by atoms with Crippen LogP contribution in [0, 0.1) is 9.78 Å². The van der Waals surface area contributed by atoms with Crippen LogP contribution in [0.15, 0.2) is 36.5 Å². The lowest BCUT2D eigenvalue weighted by atomic mass is 10.3. The molecule has 0 saturated carbocycles. The van der Waals surface area contributed by atoms with Crippen molar-refractivity contribution < 1.29 is 4.39 Å². The predicted molar refractivity (Wildman–Crippen MR) is 56.2 cm³/mol. The zero-order valence-corrected chi connectivity index (χ0v) is 8.77. The number of imidazole rings is 1. The monoisotopic (exact) mass is 288 g/mol. The Hall–Kier alpha value is -0.910. The van der Waals surface area contributed by atoms with Gasteiger partial charge in [-0.15, -0.1) is 0 Å². The molecule has 0 aliphatic heterocycles. The van der Waals surface area contributed by atoms with Gasteiger partial charge in [-0.1, -0.05) is 18.2 Å². The van der Waals surface area contributed by atoms with Gasteiger partial charge in [-0.2, -0.15) is 9.37 Å². The van der Waals surface area contributed by atoms with Crippen LogP contribution in [0.5, 0.6) is 0 Å². The summed E-state index contributed by atoms with van der Waals surface area (Å²) in [5.74, 6) is 0. The van der Waals surface area contributed by atoms with Gasteiger partial charge in [-0.05, 0) is 34.7 Å². The first kappa shape index (κ1) is 8.68. The molecule has 66 valence electrons. The van der Waals surface area contributed by atoms with Gasteiger partial charge in [0.05, 0.1) is 0 Å². The molecule has 2 aromatic rings. The van der Waals surface area contributed by atoms with Gasteiger partial charge in [-0.3, -0.25) is 4.57 Å². The minimum Gasteiger partial charge on any atom is -0.275 e. The lowest BCUT2D eigenvalue weighted by Crippen LogP contribution is -1.95. The maximum atomic E-state index is 13.1. The van der Waals surface area contributed by atoms with Crippen LogP contribution in [0.4, 0.5) is 4.39 Å². The molecular weight excluding hydrogens is 282 g/mol. The Balaban J connectivity index is 2.53. The summed E-state index contributed by atoms with van der Waals surface area (Å²) in [5.41, 5.74) is 0.787.